The highest BCUT2D eigenvalue weighted by molar-refractivity contribution is 9.10. The van der Waals surface area contributed by atoms with Gasteiger partial charge in [-0.2, -0.15) is 5.26 Å². The van der Waals surface area contributed by atoms with Gasteiger partial charge in [0.2, 0.25) is 0 Å². The summed E-state index contributed by atoms with van der Waals surface area (Å²) in [5.41, 5.74) is 1.86. The van der Waals surface area contributed by atoms with Crippen LogP contribution in [0.25, 0.3) is 0 Å². The Balaban J connectivity index is 2.29. The molecule has 0 amide bonds. The summed E-state index contributed by atoms with van der Waals surface area (Å²) in [7, 11) is 0. The van der Waals surface area contributed by atoms with Gasteiger partial charge < -0.3 is 5.32 Å². The first-order valence-corrected chi connectivity index (χ1v) is 6.67. The lowest BCUT2D eigenvalue weighted by Crippen LogP contribution is -2.09. The molecule has 1 atom stereocenters. The van der Waals surface area contributed by atoms with E-state index in [9.17, 15) is 14.0 Å². The van der Waals surface area contributed by atoms with Crippen LogP contribution >= 0.6 is 15.9 Å². The molecule has 102 valence electrons. The smallest absolute Gasteiger partial charge is 0.140 e. The molecule has 0 radical (unpaired) electrons. The highest BCUT2D eigenvalue weighted by atomic mass is 79.9. The van der Waals surface area contributed by atoms with E-state index in [1.165, 1.54) is 30.3 Å². The minimum absolute atomic E-state index is 0.285. The van der Waals surface area contributed by atoms with E-state index in [1.54, 1.807) is 13.0 Å². The molecule has 2 nitrogen and oxygen atoms in total. The lowest BCUT2D eigenvalue weighted by Gasteiger charge is -2.14. The summed E-state index contributed by atoms with van der Waals surface area (Å²) in [5, 5.41) is 12.2. The second-order valence-electron chi connectivity index (χ2n) is 4.40. The Labute approximate surface area is 124 Å². The van der Waals surface area contributed by atoms with E-state index in [0.717, 1.165) is 5.56 Å². The lowest BCUT2D eigenvalue weighted by atomic mass is 10.1. The van der Waals surface area contributed by atoms with Crippen LogP contribution in [0.4, 0.5) is 14.5 Å². The van der Waals surface area contributed by atoms with Crippen LogP contribution in [-0.4, -0.2) is 0 Å². The Morgan fingerprint density at radius 2 is 1.95 bits per heavy atom. The van der Waals surface area contributed by atoms with Crippen molar-refractivity contribution in [3.63, 3.8) is 0 Å². The summed E-state index contributed by atoms with van der Waals surface area (Å²) < 4.78 is 26.8. The summed E-state index contributed by atoms with van der Waals surface area (Å²) in [6, 6.07) is 10.2. The van der Waals surface area contributed by atoms with E-state index in [0.29, 0.717) is 11.3 Å². The molecule has 0 saturated carbocycles. The van der Waals surface area contributed by atoms with Crippen molar-refractivity contribution in [1.82, 2.24) is 0 Å². The molecule has 0 bridgehead atoms. The van der Waals surface area contributed by atoms with Gasteiger partial charge in [-0.05, 0) is 64.3 Å². The normalized spacial score (nSPS) is 11.8. The number of benzene rings is 2. The van der Waals surface area contributed by atoms with E-state index < -0.39 is 11.9 Å². The third kappa shape index (κ3) is 3.34. The van der Waals surface area contributed by atoms with Crippen molar-refractivity contribution in [2.45, 2.75) is 13.0 Å². The number of nitrogens with zero attached hydrogens (tertiary/aromatic N) is 1. The Bertz CT molecular complexity index is 660. The molecule has 0 aliphatic rings. The molecule has 1 N–H and O–H groups in total. The molecule has 5 heteroatoms. The fourth-order valence-corrected chi connectivity index (χ4v) is 2.26. The molecule has 0 saturated heterocycles. The maximum Gasteiger partial charge on any atom is 0.140 e. The number of anilines is 1. The molecule has 2 aromatic rings. The van der Waals surface area contributed by atoms with Crippen molar-refractivity contribution in [3.05, 3.63) is 63.6 Å². The van der Waals surface area contributed by atoms with Crippen molar-refractivity contribution < 1.29 is 8.78 Å². The van der Waals surface area contributed by atoms with Gasteiger partial charge in [-0.1, -0.05) is 6.07 Å². The third-order valence-electron chi connectivity index (χ3n) is 2.76. The van der Waals surface area contributed by atoms with Crippen LogP contribution < -0.4 is 5.32 Å². The molecular weight excluding hydrogens is 326 g/mol. The number of nitriles is 1. The zero-order valence-electron chi connectivity index (χ0n) is 10.6. The van der Waals surface area contributed by atoms with Crippen LogP contribution in [-0.2, 0) is 0 Å². The molecule has 0 aliphatic carbocycles. The second-order valence-corrected chi connectivity index (χ2v) is 5.25. The zero-order valence-corrected chi connectivity index (χ0v) is 12.2. The van der Waals surface area contributed by atoms with E-state index in [-0.39, 0.29) is 10.3 Å². The number of nitrogens with one attached hydrogen (secondary N) is 1. The molecule has 0 spiro atoms. The van der Waals surface area contributed by atoms with E-state index in [1.807, 2.05) is 0 Å². The number of hydrogen-bond donors (Lipinski definition) is 1. The maximum atomic E-state index is 13.3. The van der Waals surface area contributed by atoms with Crippen LogP contribution in [0.5, 0.6) is 0 Å². The number of aryl methyl sites for hydroxylation is 1. The average molecular weight is 337 g/mol. The molecule has 1 unspecified atom stereocenters. The summed E-state index contributed by atoms with van der Waals surface area (Å²) in [4.78, 5) is 0. The molecule has 2 aromatic carbocycles. The topological polar surface area (TPSA) is 35.8 Å². The monoisotopic (exact) mass is 336 g/mol. The Morgan fingerprint density at radius 3 is 2.55 bits per heavy atom. The summed E-state index contributed by atoms with van der Waals surface area (Å²) in [5.74, 6) is -0.767. The van der Waals surface area contributed by atoms with E-state index in [2.05, 4.69) is 27.3 Å². The highest BCUT2D eigenvalue weighted by Gasteiger charge is 2.13. The van der Waals surface area contributed by atoms with Crippen LogP contribution in [0.15, 0.2) is 40.9 Å². The molecule has 0 fully saturated rings. The van der Waals surface area contributed by atoms with Gasteiger partial charge in [-0.15, -0.1) is 0 Å². The summed E-state index contributed by atoms with van der Waals surface area (Å²) in [6.45, 7) is 1.77. The van der Waals surface area contributed by atoms with Crippen LogP contribution in [0.2, 0.25) is 0 Å². The van der Waals surface area contributed by atoms with Gasteiger partial charge in [-0.25, -0.2) is 8.78 Å². The standard InChI is InChI=1S/C15H11BrF2N2/c1-9-4-11(17)7-12(5-9)20-15(8-19)10-2-3-14(18)13(16)6-10/h2-7,15,20H,1H3. The van der Waals surface area contributed by atoms with Crippen LogP contribution in [0.3, 0.4) is 0 Å². The van der Waals surface area contributed by atoms with Gasteiger partial charge in [0.25, 0.3) is 0 Å². The highest BCUT2D eigenvalue weighted by Crippen LogP contribution is 2.25. The largest absolute Gasteiger partial charge is 0.366 e. The van der Waals surface area contributed by atoms with E-state index >= 15 is 0 Å². The summed E-state index contributed by atoms with van der Waals surface area (Å²) >= 11 is 3.08. The first-order chi connectivity index (χ1) is 9.49. The SMILES string of the molecule is Cc1cc(F)cc(NC(C#N)c2ccc(F)c(Br)c2)c1. The predicted molar refractivity (Wildman–Crippen MR) is 77.2 cm³/mol. The van der Waals surface area contributed by atoms with Crippen LogP contribution in [0.1, 0.15) is 17.2 Å². The van der Waals surface area contributed by atoms with Gasteiger partial charge in [0, 0.05) is 5.69 Å². The molecule has 2 rings (SSSR count). The Kier molecular flexibility index (Phi) is 4.35. The first-order valence-electron chi connectivity index (χ1n) is 5.88. The molecule has 0 aliphatic heterocycles. The maximum absolute atomic E-state index is 13.3. The first kappa shape index (κ1) is 14.5. The number of rotatable bonds is 3. The van der Waals surface area contributed by atoms with Crippen molar-refractivity contribution in [2.75, 3.05) is 5.32 Å². The third-order valence-corrected chi connectivity index (χ3v) is 3.37. The second kappa shape index (κ2) is 6.02. The van der Waals surface area contributed by atoms with Gasteiger partial charge in [0.15, 0.2) is 0 Å². The Morgan fingerprint density at radius 1 is 1.20 bits per heavy atom. The quantitative estimate of drug-likeness (QED) is 0.880. The molecule has 20 heavy (non-hydrogen) atoms. The molecule has 0 aromatic heterocycles. The van der Waals surface area contributed by atoms with Gasteiger partial charge in [0.1, 0.15) is 17.7 Å². The predicted octanol–water partition coefficient (Wildman–Crippen LogP) is 4.71. The lowest BCUT2D eigenvalue weighted by molar-refractivity contribution is 0.620. The van der Waals surface area contributed by atoms with Crippen molar-refractivity contribution in [1.29, 1.82) is 5.26 Å². The Hall–Kier alpha value is -1.93. The van der Waals surface area contributed by atoms with Gasteiger partial charge >= 0.3 is 0 Å². The molecular formula is C15H11BrF2N2. The number of hydrogen-bond acceptors (Lipinski definition) is 2. The minimum Gasteiger partial charge on any atom is -0.366 e. The minimum atomic E-state index is -0.687. The fraction of sp³-hybridized carbons (Fsp3) is 0.133. The van der Waals surface area contributed by atoms with Gasteiger partial charge in [-0.3, -0.25) is 0 Å². The summed E-state index contributed by atoms with van der Waals surface area (Å²) in [6.07, 6.45) is 0. The van der Waals surface area contributed by atoms with Crippen LogP contribution in [0, 0.1) is 29.9 Å². The van der Waals surface area contributed by atoms with Crippen molar-refractivity contribution in [3.8, 4) is 6.07 Å². The average Bonchev–Trinajstić information content (AvgIpc) is 2.38. The van der Waals surface area contributed by atoms with Gasteiger partial charge in [0.05, 0.1) is 10.5 Å². The fourth-order valence-electron chi connectivity index (χ4n) is 1.87. The van der Waals surface area contributed by atoms with Crippen molar-refractivity contribution >= 4 is 21.6 Å². The molecule has 0 heterocycles. The number of halogens is 3. The zero-order chi connectivity index (χ0) is 14.7. The van der Waals surface area contributed by atoms with E-state index in [4.69, 9.17) is 0 Å². The van der Waals surface area contributed by atoms with Crippen molar-refractivity contribution in [2.24, 2.45) is 0 Å².